The summed E-state index contributed by atoms with van der Waals surface area (Å²) in [4.78, 5) is 21.3. The lowest BCUT2D eigenvalue weighted by Gasteiger charge is -2.07. The average Bonchev–Trinajstić information content (AvgIpc) is 2.83. The van der Waals surface area contributed by atoms with Crippen LogP contribution in [-0.2, 0) is 6.54 Å². The third-order valence-electron chi connectivity index (χ3n) is 3.46. The monoisotopic (exact) mass is 295 g/mol. The van der Waals surface area contributed by atoms with Crippen LogP contribution >= 0.6 is 0 Å². The first-order chi connectivity index (χ1) is 10.6. The zero-order chi connectivity index (χ0) is 15.7. The van der Waals surface area contributed by atoms with E-state index in [-0.39, 0.29) is 5.91 Å². The Kier molecular flexibility index (Phi) is 3.58. The lowest BCUT2D eigenvalue weighted by molar-refractivity contribution is 0.102. The molecular formula is C16H17N5O. The van der Waals surface area contributed by atoms with Crippen LogP contribution in [0.1, 0.15) is 28.7 Å². The van der Waals surface area contributed by atoms with E-state index in [4.69, 9.17) is 0 Å². The first kappa shape index (κ1) is 14.2. The molecule has 3 aromatic rings. The Morgan fingerprint density at radius 2 is 2.14 bits per heavy atom. The molecule has 0 atom stereocenters. The molecule has 1 amide bonds. The predicted octanol–water partition coefficient (Wildman–Crippen LogP) is 2.72. The fourth-order valence-electron chi connectivity index (χ4n) is 2.50. The Hall–Kier alpha value is -2.76. The van der Waals surface area contributed by atoms with E-state index in [1.165, 1.54) is 0 Å². The third-order valence-corrected chi connectivity index (χ3v) is 3.46. The zero-order valence-corrected chi connectivity index (χ0v) is 12.8. The number of hydrogen-bond acceptors (Lipinski definition) is 4. The number of nitrogens with one attached hydrogen (secondary N) is 1. The summed E-state index contributed by atoms with van der Waals surface area (Å²) < 4.78 is 1.81. The number of amides is 1. The van der Waals surface area contributed by atoms with E-state index >= 15 is 0 Å². The van der Waals surface area contributed by atoms with Crippen molar-refractivity contribution in [1.82, 2.24) is 19.7 Å². The largest absolute Gasteiger partial charge is 0.307 e. The number of nitrogens with zero attached hydrogens (tertiary/aromatic N) is 4. The summed E-state index contributed by atoms with van der Waals surface area (Å²) in [5, 5.41) is 8.07. The number of carbonyl (C=O) groups is 1. The molecule has 0 unspecified atom stereocenters. The van der Waals surface area contributed by atoms with Gasteiger partial charge >= 0.3 is 0 Å². The van der Waals surface area contributed by atoms with Gasteiger partial charge in [-0.1, -0.05) is 6.07 Å². The maximum atomic E-state index is 12.6. The standard InChI is InChI=1S/C16H17N5O/c1-4-21-15-14(11(3)20-21)12(9-10(2)18-15)16(22)19-13-7-5-6-8-17-13/h5-9H,4H2,1-3H3,(H,17,19,22). The Balaban J connectivity index is 2.10. The Morgan fingerprint density at radius 1 is 1.32 bits per heavy atom. The van der Waals surface area contributed by atoms with E-state index < -0.39 is 0 Å². The number of pyridine rings is 2. The minimum atomic E-state index is -0.201. The van der Waals surface area contributed by atoms with Gasteiger partial charge in [-0.15, -0.1) is 0 Å². The highest BCUT2D eigenvalue weighted by atomic mass is 16.1. The highest BCUT2D eigenvalue weighted by Crippen LogP contribution is 2.23. The van der Waals surface area contributed by atoms with Crippen molar-refractivity contribution in [1.29, 1.82) is 0 Å². The smallest absolute Gasteiger partial charge is 0.257 e. The minimum absolute atomic E-state index is 0.201. The molecule has 0 aliphatic rings. The van der Waals surface area contributed by atoms with Crippen LogP contribution in [0.2, 0.25) is 0 Å². The van der Waals surface area contributed by atoms with Crippen LogP contribution in [0.4, 0.5) is 5.82 Å². The van der Waals surface area contributed by atoms with E-state index in [2.05, 4.69) is 20.4 Å². The van der Waals surface area contributed by atoms with Crippen LogP contribution < -0.4 is 5.32 Å². The molecule has 0 saturated carbocycles. The summed E-state index contributed by atoms with van der Waals surface area (Å²) in [5.74, 6) is 0.323. The topological polar surface area (TPSA) is 72.7 Å². The summed E-state index contributed by atoms with van der Waals surface area (Å²) in [6.45, 7) is 6.48. The zero-order valence-electron chi connectivity index (χ0n) is 12.8. The van der Waals surface area contributed by atoms with Crippen LogP contribution in [0.15, 0.2) is 30.5 Å². The summed E-state index contributed by atoms with van der Waals surface area (Å²) in [5.41, 5.74) is 2.90. The first-order valence-corrected chi connectivity index (χ1v) is 7.17. The van der Waals surface area contributed by atoms with Gasteiger partial charge < -0.3 is 5.32 Å². The van der Waals surface area contributed by atoms with Gasteiger partial charge in [0.05, 0.1) is 16.6 Å². The molecule has 0 bridgehead atoms. The van der Waals surface area contributed by atoms with Crippen molar-refractivity contribution in [3.05, 3.63) is 47.4 Å². The normalized spacial score (nSPS) is 10.9. The molecule has 0 saturated heterocycles. The fraction of sp³-hybridized carbons (Fsp3) is 0.250. The molecule has 0 aromatic carbocycles. The number of anilines is 1. The fourth-order valence-corrected chi connectivity index (χ4v) is 2.50. The summed E-state index contributed by atoms with van der Waals surface area (Å²) in [7, 11) is 0. The molecule has 3 rings (SSSR count). The van der Waals surface area contributed by atoms with E-state index in [1.54, 1.807) is 24.4 Å². The number of aromatic nitrogens is 4. The van der Waals surface area contributed by atoms with Crippen molar-refractivity contribution in [2.45, 2.75) is 27.3 Å². The van der Waals surface area contributed by atoms with Gasteiger partial charge in [0.2, 0.25) is 0 Å². The minimum Gasteiger partial charge on any atom is -0.307 e. The van der Waals surface area contributed by atoms with Crippen molar-refractivity contribution in [2.75, 3.05) is 5.32 Å². The third kappa shape index (κ3) is 2.43. The molecule has 112 valence electrons. The van der Waals surface area contributed by atoms with E-state index in [9.17, 15) is 4.79 Å². The van der Waals surface area contributed by atoms with E-state index in [1.807, 2.05) is 31.5 Å². The number of fused-ring (bicyclic) bond motifs is 1. The van der Waals surface area contributed by atoms with Crippen molar-refractivity contribution in [2.24, 2.45) is 0 Å². The van der Waals surface area contributed by atoms with Gasteiger partial charge in [-0.25, -0.2) is 14.6 Å². The molecule has 0 fully saturated rings. The summed E-state index contributed by atoms with van der Waals surface area (Å²) in [6.07, 6.45) is 1.64. The molecular weight excluding hydrogens is 278 g/mol. The summed E-state index contributed by atoms with van der Waals surface area (Å²) in [6, 6.07) is 7.18. The summed E-state index contributed by atoms with van der Waals surface area (Å²) >= 11 is 0. The average molecular weight is 295 g/mol. The quantitative estimate of drug-likeness (QED) is 0.806. The number of carbonyl (C=O) groups excluding carboxylic acids is 1. The van der Waals surface area contributed by atoms with Crippen LogP contribution in [0.25, 0.3) is 11.0 Å². The maximum Gasteiger partial charge on any atom is 0.257 e. The molecule has 3 aromatic heterocycles. The number of aryl methyl sites for hydroxylation is 3. The molecule has 6 nitrogen and oxygen atoms in total. The SMILES string of the molecule is CCn1nc(C)c2c(C(=O)Nc3ccccn3)cc(C)nc21. The van der Waals surface area contributed by atoms with Gasteiger partial charge in [0.15, 0.2) is 5.65 Å². The van der Waals surface area contributed by atoms with Gasteiger partial charge in [-0.05, 0) is 39.0 Å². The molecule has 0 radical (unpaired) electrons. The van der Waals surface area contributed by atoms with Gasteiger partial charge in [0.1, 0.15) is 5.82 Å². The lowest BCUT2D eigenvalue weighted by Crippen LogP contribution is -2.14. The van der Waals surface area contributed by atoms with Crippen molar-refractivity contribution < 1.29 is 4.79 Å². The van der Waals surface area contributed by atoms with Crippen LogP contribution in [0.5, 0.6) is 0 Å². The highest BCUT2D eigenvalue weighted by Gasteiger charge is 2.18. The van der Waals surface area contributed by atoms with E-state index in [0.717, 1.165) is 22.4 Å². The number of rotatable bonds is 3. The Morgan fingerprint density at radius 3 is 2.82 bits per heavy atom. The Labute approximate surface area is 128 Å². The first-order valence-electron chi connectivity index (χ1n) is 7.17. The van der Waals surface area contributed by atoms with Crippen molar-refractivity contribution >= 4 is 22.8 Å². The van der Waals surface area contributed by atoms with Crippen molar-refractivity contribution in [3.63, 3.8) is 0 Å². The van der Waals surface area contributed by atoms with Gasteiger partial charge in [0, 0.05) is 18.4 Å². The second-order valence-electron chi connectivity index (χ2n) is 5.08. The molecule has 0 spiro atoms. The molecule has 0 aliphatic heterocycles. The van der Waals surface area contributed by atoms with E-state index in [0.29, 0.717) is 17.9 Å². The molecule has 3 heterocycles. The van der Waals surface area contributed by atoms with Gasteiger partial charge in [-0.3, -0.25) is 4.79 Å². The number of hydrogen-bond donors (Lipinski definition) is 1. The predicted molar refractivity (Wildman–Crippen MR) is 84.9 cm³/mol. The second kappa shape index (κ2) is 5.55. The second-order valence-corrected chi connectivity index (χ2v) is 5.08. The Bertz CT molecular complexity index is 839. The molecule has 22 heavy (non-hydrogen) atoms. The van der Waals surface area contributed by atoms with Crippen LogP contribution in [-0.4, -0.2) is 25.7 Å². The van der Waals surface area contributed by atoms with Gasteiger partial charge in [-0.2, -0.15) is 5.10 Å². The van der Waals surface area contributed by atoms with Crippen LogP contribution in [0.3, 0.4) is 0 Å². The van der Waals surface area contributed by atoms with Crippen LogP contribution in [0, 0.1) is 13.8 Å². The highest BCUT2D eigenvalue weighted by molar-refractivity contribution is 6.12. The molecule has 1 N–H and O–H groups in total. The van der Waals surface area contributed by atoms with Crippen molar-refractivity contribution in [3.8, 4) is 0 Å². The molecule has 6 heteroatoms. The van der Waals surface area contributed by atoms with Gasteiger partial charge in [0.25, 0.3) is 5.91 Å². The molecule has 0 aliphatic carbocycles. The lowest BCUT2D eigenvalue weighted by atomic mass is 10.1. The maximum absolute atomic E-state index is 12.6.